The number of carbonyl (C=O) groups is 1. The van der Waals surface area contributed by atoms with Crippen LogP contribution >= 0.6 is 34.5 Å². The van der Waals surface area contributed by atoms with E-state index in [0.29, 0.717) is 21.2 Å². The van der Waals surface area contributed by atoms with Crippen LogP contribution in [0.4, 0.5) is 18.0 Å². The maximum Gasteiger partial charge on any atom is 0.416 e. The van der Waals surface area contributed by atoms with Crippen LogP contribution in [0, 0.1) is 0 Å². The summed E-state index contributed by atoms with van der Waals surface area (Å²) < 4.78 is 74.8. The molecule has 1 aromatic heterocycles. The van der Waals surface area contributed by atoms with Crippen molar-refractivity contribution >= 4 is 56.4 Å². The van der Waals surface area contributed by atoms with Crippen molar-refractivity contribution in [2.24, 2.45) is 4.99 Å². The molecule has 2 amide bonds. The first-order valence-electron chi connectivity index (χ1n) is 14.9. The molecule has 0 spiro atoms. The van der Waals surface area contributed by atoms with Crippen molar-refractivity contribution in [2.45, 2.75) is 30.1 Å². The topological polar surface area (TPSA) is 82.5 Å². The molecule has 3 aromatic carbocycles. The van der Waals surface area contributed by atoms with E-state index in [-0.39, 0.29) is 54.8 Å². The Bertz CT molecular complexity index is 1920. The number of carbonyl (C=O) groups excluding carboxylic acids is 1. The molecule has 8 nitrogen and oxygen atoms in total. The zero-order valence-corrected chi connectivity index (χ0v) is 28.5. The number of hydrogen-bond acceptors (Lipinski definition) is 6. The molecule has 48 heavy (non-hydrogen) atoms. The Labute approximate surface area is 290 Å². The Morgan fingerprint density at radius 2 is 1.56 bits per heavy atom. The average Bonchev–Trinajstić information content (AvgIpc) is 3.75. The molecule has 252 valence electrons. The van der Waals surface area contributed by atoms with Gasteiger partial charge in [-0.2, -0.15) is 28.8 Å². The Balaban J connectivity index is 1.44. The van der Waals surface area contributed by atoms with Gasteiger partial charge in [-0.25, -0.2) is 13.2 Å². The lowest BCUT2D eigenvalue weighted by Crippen LogP contribution is -2.55. The molecule has 2 unspecified atom stereocenters. The van der Waals surface area contributed by atoms with Gasteiger partial charge in [0.05, 0.1) is 28.7 Å². The Morgan fingerprint density at radius 1 is 0.938 bits per heavy atom. The van der Waals surface area contributed by atoms with Gasteiger partial charge in [-0.15, -0.1) is 0 Å². The van der Waals surface area contributed by atoms with Crippen LogP contribution in [-0.4, -0.2) is 67.2 Å². The van der Waals surface area contributed by atoms with Crippen molar-refractivity contribution in [3.63, 3.8) is 0 Å². The number of benzene rings is 3. The normalized spacial score (nSPS) is 19.0. The van der Waals surface area contributed by atoms with E-state index in [4.69, 9.17) is 32.9 Å². The summed E-state index contributed by atoms with van der Waals surface area (Å²) in [5.74, 6) is 0.0348. The average molecular weight is 738 g/mol. The lowest BCUT2D eigenvalue weighted by Gasteiger charge is -2.38. The fourth-order valence-electron chi connectivity index (χ4n) is 5.83. The number of hydrogen-bond donors (Lipinski definition) is 0. The quantitative estimate of drug-likeness (QED) is 0.192. The highest BCUT2D eigenvalue weighted by Gasteiger charge is 2.46. The number of amidine groups is 1. The first kappa shape index (κ1) is 34.3. The number of halogens is 5. The first-order valence-corrected chi connectivity index (χ1v) is 18.1. The molecule has 0 aliphatic carbocycles. The van der Waals surface area contributed by atoms with Crippen LogP contribution in [0.25, 0.3) is 0 Å². The molecule has 15 heteroatoms. The van der Waals surface area contributed by atoms with Gasteiger partial charge in [0.1, 0.15) is 17.6 Å². The molecule has 0 radical (unpaired) electrons. The van der Waals surface area contributed by atoms with Crippen molar-refractivity contribution < 1.29 is 31.1 Å². The molecule has 1 saturated heterocycles. The molecule has 4 aromatic rings. The third-order valence-electron chi connectivity index (χ3n) is 8.19. The van der Waals surface area contributed by atoms with Gasteiger partial charge >= 0.3 is 12.2 Å². The molecule has 0 N–H and O–H groups in total. The van der Waals surface area contributed by atoms with E-state index in [1.807, 2.05) is 0 Å². The van der Waals surface area contributed by atoms with E-state index >= 15 is 0 Å². The van der Waals surface area contributed by atoms with Crippen molar-refractivity contribution in [3.05, 3.63) is 116 Å². The number of sulfonamides is 1. The minimum Gasteiger partial charge on any atom is -0.493 e. The minimum absolute atomic E-state index is 0.0565. The van der Waals surface area contributed by atoms with E-state index < -0.39 is 39.9 Å². The van der Waals surface area contributed by atoms with Gasteiger partial charge in [-0.1, -0.05) is 47.5 Å². The Kier molecular flexibility index (Phi) is 9.78. The summed E-state index contributed by atoms with van der Waals surface area (Å²) in [4.78, 5) is 22.9. The molecular weight excluding hydrogens is 708 g/mol. The molecule has 1 fully saturated rings. The molecule has 6 rings (SSSR count). The summed E-state index contributed by atoms with van der Waals surface area (Å²) in [6, 6.07) is 16.6. The number of amides is 2. The van der Waals surface area contributed by atoms with E-state index in [0.717, 1.165) is 12.1 Å². The van der Waals surface area contributed by atoms with Gasteiger partial charge < -0.3 is 9.64 Å². The molecule has 3 heterocycles. The molecule has 2 atom stereocenters. The van der Waals surface area contributed by atoms with Crippen molar-refractivity contribution in [3.8, 4) is 5.75 Å². The van der Waals surface area contributed by atoms with Gasteiger partial charge in [0.25, 0.3) is 0 Å². The highest BCUT2D eigenvalue weighted by molar-refractivity contribution is 7.89. The highest BCUT2D eigenvalue weighted by atomic mass is 35.5. The number of aliphatic imine (C=N–C) groups is 1. The predicted molar refractivity (Wildman–Crippen MR) is 179 cm³/mol. The van der Waals surface area contributed by atoms with Gasteiger partial charge in [-0.05, 0) is 72.0 Å². The largest absolute Gasteiger partial charge is 0.493 e. The van der Waals surface area contributed by atoms with Crippen LogP contribution < -0.4 is 4.74 Å². The van der Waals surface area contributed by atoms with Gasteiger partial charge in [0.15, 0.2) is 0 Å². The number of thiophene rings is 1. The van der Waals surface area contributed by atoms with E-state index in [1.165, 1.54) is 37.6 Å². The summed E-state index contributed by atoms with van der Waals surface area (Å²) in [5.41, 5.74) is 0.684. The van der Waals surface area contributed by atoms with Crippen LogP contribution in [0.2, 0.25) is 10.0 Å². The second kappa shape index (κ2) is 13.7. The SMILES string of the molecule is CCOc1cc(C(F)(F)F)ccc1C1=NC(c2ccc(Cl)cc2)C(c2ccc(Cl)cc2)N1C(=O)N1CCN(S(=O)(=O)c2ccsc2)CC1. The summed E-state index contributed by atoms with van der Waals surface area (Å²) in [7, 11) is -3.74. The molecule has 2 aliphatic heterocycles. The van der Waals surface area contributed by atoms with Crippen LogP contribution in [0.5, 0.6) is 5.75 Å². The van der Waals surface area contributed by atoms with Crippen molar-refractivity contribution in [2.75, 3.05) is 32.8 Å². The number of urea groups is 1. The van der Waals surface area contributed by atoms with E-state index in [9.17, 15) is 26.4 Å². The summed E-state index contributed by atoms with van der Waals surface area (Å²) >= 11 is 13.7. The second-order valence-electron chi connectivity index (χ2n) is 11.1. The zero-order valence-electron chi connectivity index (χ0n) is 25.4. The highest BCUT2D eigenvalue weighted by Crippen LogP contribution is 2.46. The maximum absolute atomic E-state index is 14.7. The molecule has 2 aliphatic rings. The fraction of sp³-hybridized carbons (Fsp3) is 0.273. The van der Waals surface area contributed by atoms with Gasteiger partial charge in [0, 0.05) is 41.6 Å². The number of rotatable bonds is 7. The molecule has 0 bridgehead atoms. The van der Waals surface area contributed by atoms with E-state index in [1.54, 1.807) is 66.2 Å². The monoisotopic (exact) mass is 736 g/mol. The van der Waals surface area contributed by atoms with Gasteiger partial charge in [0.2, 0.25) is 10.0 Å². The van der Waals surface area contributed by atoms with Crippen molar-refractivity contribution in [1.82, 2.24) is 14.1 Å². The Morgan fingerprint density at radius 3 is 2.12 bits per heavy atom. The smallest absolute Gasteiger partial charge is 0.416 e. The second-order valence-corrected chi connectivity index (χ2v) is 14.7. The first-order chi connectivity index (χ1) is 22.9. The molecular formula is C33H29Cl2F3N4O4S2. The molecule has 0 saturated carbocycles. The third-order valence-corrected chi connectivity index (χ3v) is 11.4. The number of piperazine rings is 1. The van der Waals surface area contributed by atoms with Gasteiger partial charge in [-0.3, -0.25) is 9.89 Å². The lowest BCUT2D eigenvalue weighted by molar-refractivity contribution is -0.137. The van der Waals surface area contributed by atoms with Crippen LogP contribution in [0.3, 0.4) is 0 Å². The summed E-state index contributed by atoms with van der Waals surface area (Å²) in [5, 5.41) is 4.22. The minimum atomic E-state index is -4.63. The van der Waals surface area contributed by atoms with Crippen molar-refractivity contribution in [1.29, 1.82) is 0 Å². The number of nitrogens with zero attached hydrogens (tertiary/aromatic N) is 4. The lowest BCUT2D eigenvalue weighted by atomic mass is 9.93. The van der Waals surface area contributed by atoms with Crippen LogP contribution in [-0.2, 0) is 16.2 Å². The zero-order chi connectivity index (χ0) is 34.2. The van der Waals surface area contributed by atoms with Crippen LogP contribution in [0.15, 0.2) is 93.4 Å². The number of alkyl halides is 3. The number of ether oxygens (including phenoxy) is 1. The fourth-order valence-corrected chi connectivity index (χ4v) is 8.52. The standard InChI is InChI=1S/C33H29Cl2F3N4O4S2/c1-2-46-28-19-23(33(36,37)38)7-12-27(28)31-39-29(21-3-8-24(34)9-4-21)30(22-5-10-25(35)11-6-22)42(31)32(43)40-14-16-41(17-15-40)48(44,45)26-13-18-47-20-26/h3-13,18-20,29-30H,2,14-17H2,1H3. The summed E-state index contributed by atoms with van der Waals surface area (Å²) in [6.45, 7) is 1.99. The Hall–Kier alpha value is -3.62. The third kappa shape index (κ3) is 6.79. The summed E-state index contributed by atoms with van der Waals surface area (Å²) in [6.07, 6.45) is -4.63. The predicted octanol–water partition coefficient (Wildman–Crippen LogP) is 8.14. The van der Waals surface area contributed by atoms with Crippen LogP contribution in [0.1, 0.15) is 41.3 Å². The van der Waals surface area contributed by atoms with E-state index in [2.05, 4.69) is 0 Å². The maximum atomic E-state index is 14.7.